The second kappa shape index (κ2) is 13.5. The van der Waals surface area contributed by atoms with E-state index >= 15 is 0 Å². The standard InChI is InChI=1S/C23H32ClN11O3/c1-2-35-13-14(21(37)29-8-12-36)3-4-16(35)28-7-11-34-9-5-15(6-10-34)30-23(27)33-22(38)17-19(25)32-20(26)18(24)31-17/h2-4,13,15,36H,1,5-12H2,(H,29,37)(H4,25,26,32)(H3,27,30,33,38). The Kier molecular flexibility index (Phi) is 10.2. The zero-order valence-corrected chi connectivity index (χ0v) is 21.6. The van der Waals surface area contributed by atoms with Gasteiger partial charge in [-0.3, -0.25) is 19.9 Å². The van der Waals surface area contributed by atoms with Gasteiger partial charge < -0.3 is 37.1 Å². The Hall–Kier alpha value is -4.01. The van der Waals surface area contributed by atoms with Gasteiger partial charge in [0.15, 0.2) is 28.4 Å². The van der Waals surface area contributed by atoms with Crippen LogP contribution in [0.5, 0.6) is 0 Å². The van der Waals surface area contributed by atoms with Crippen LogP contribution in [0, 0.1) is 0 Å². The Morgan fingerprint density at radius 2 is 1.95 bits per heavy atom. The molecule has 15 heteroatoms. The molecule has 3 heterocycles. The lowest BCUT2D eigenvalue weighted by Gasteiger charge is -2.29. The molecule has 0 spiro atoms. The number of amides is 2. The fourth-order valence-electron chi connectivity index (χ4n) is 3.79. The lowest BCUT2D eigenvalue weighted by atomic mass is 10.1. The van der Waals surface area contributed by atoms with Crippen LogP contribution in [0.4, 0.5) is 11.6 Å². The lowest BCUT2D eigenvalue weighted by molar-refractivity contribution is 0.0942. The molecule has 14 nitrogen and oxygen atoms in total. The van der Waals surface area contributed by atoms with Gasteiger partial charge in [-0.15, -0.1) is 0 Å². The van der Waals surface area contributed by atoms with Crippen molar-refractivity contribution >= 4 is 47.2 Å². The second-order valence-corrected chi connectivity index (χ2v) is 8.76. The van der Waals surface area contributed by atoms with Gasteiger partial charge in [-0.2, -0.15) is 0 Å². The van der Waals surface area contributed by atoms with Crippen LogP contribution >= 0.6 is 11.6 Å². The van der Waals surface area contributed by atoms with Crippen molar-refractivity contribution < 1.29 is 14.7 Å². The predicted molar refractivity (Wildman–Crippen MR) is 145 cm³/mol. The number of nitrogens with zero attached hydrogens (tertiary/aromatic N) is 6. The number of pyridine rings is 1. The minimum absolute atomic E-state index is 0.0416. The first-order valence-electron chi connectivity index (χ1n) is 11.9. The maximum Gasteiger partial charge on any atom is 0.280 e. The van der Waals surface area contributed by atoms with E-state index in [0.717, 1.165) is 32.5 Å². The number of hydrogen-bond acceptors (Lipinski definition) is 10. The van der Waals surface area contributed by atoms with Crippen LogP contribution in [0.1, 0.15) is 33.7 Å². The third-order valence-electron chi connectivity index (χ3n) is 5.74. The van der Waals surface area contributed by atoms with Crippen LogP contribution in [0.3, 0.4) is 0 Å². The third-order valence-corrected chi connectivity index (χ3v) is 6.02. The van der Waals surface area contributed by atoms with Gasteiger partial charge in [-0.1, -0.05) is 18.2 Å². The summed E-state index contributed by atoms with van der Waals surface area (Å²) in [5, 5.41) is 13.8. The molecule has 0 aliphatic carbocycles. The van der Waals surface area contributed by atoms with E-state index < -0.39 is 5.91 Å². The second-order valence-electron chi connectivity index (χ2n) is 8.40. The summed E-state index contributed by atoms with van der Waals surface area (Å²) in [6.45, 7) is 6.73. The first-order valence-corrected chi connectivity index (χ1v) is 12.3. The highest BCUT2D eigenvalue weighted by atomic mass is 35.5. The molecule has 2 amide bonds. The van der Waals surface area contributed by atoms with Crippen LogP contribution in [0.25, 0.3) is 6.20 Å². The smallest absolute Gasteiger partial charge is 0.280 e. The van der Waals surface area contributed by atoms with Crippen LogP contribution in [-0.2, 0) is 0 Å². The number of aliphatic hydroxyl groups is 1. The van der Waals surface area contributed by atoms with Gasteiger partial charge in [0.05, 0.1) is 24.8 Å². The third kappa shape index (κ3) is 7.74. The molecule has 38 heavy (non-hydrogen) atoms. The number of guanidine groups is 1. The number of aromatic nitrogens is 3. The molecule has 3 rings (SSSR count). The highest BCUT2D eigenvalue weighted by molar-refractivity contribution is 6.31. The van der Waals surface area contributed by atoms with Crippen molar-refractivity contribution in [2.75, 3.05) is 50.8 Å². The highest BCUT2D eigenvalue weighted by Gasteiger charge is 2.20. The number of aliphatic hydroxyl groups excluding tert-OH is 1. The molecule has 0 unspecified atom stereocenters. The molecule has 0 radical (unpaired) electrons. The van der Waals surface area contributed by atoms with E-state index in [1.165, 1.54) is 0 Å². The fraction of sp³-hybridized carbons (Fsp3) is 0.391. The maximum atomic E-state index is 12.4. The number of likely N-dealkylation sites (tertiary alicyclic amines) is 1. The minimum atomic E-state index is -0.673. The molecule has 0 saturated carbocycles. The van der Waals surface area contributed by atoms with Crippen molar-refractivity contribution in [3.63, 3.8) is 0 Å². The van der Waals surface area contributed by atoms with Gasteiger partial charge in [0.2, 0.25) is 0 Å². The van der Waals surface area contributed by atoms with Crippen molar-refractivity contribution in [1.82, 2.24) is 30.1 Å². The molecule has 0 atom stereocenters. The average molecular weight is 546 g/mol. The topological polar surface area (TPSA) is 215 Å². The Balaban J connectivity index is 1.49. The number of piperidine rings is 1. The normalized spacial score (nSPS) is 15.3. The van der Waals surface area contributed by atoms with Crippen molar-refractivity contribution in [1.29, 1.82) is 0 Å². The minimum Gasteiger partial charge on any atom is -0.395 e. The van der Waals surface area contributed by atoms with Crippen molar-refractivity contribution in [3.05, 3.63) is 46.8 Å². The predicted octanol–water partition coefficient (Wildman–Crippen LogP) is -0.972. The number of carbonyl (C=O) groups excluding carboxylic acids is 2. The molecular weight excluding hydrogens is 514 g/mol. The highest BCUT2D eigenvalue weighted by Crippen LogP contribution is 2.17. The van der Waals surface area contributed by atoms with Crippen LogP contribution in [0.2, 0.25) is 5.15 Å². The first-order chi connectivity index (χ1) is 18.2. The molecule has 1 aliphatic rings. The van der Waals surface area contributed by atoms with E-state index in [4.69, 9.17) is 33.9 Å². The number of rotatable bonds is 9. The van der Waals surface area contributed by atoms with Gasteiger partial charge in [-0.05, 0) is 25.0 Å². The molecule has 1 aliphatic heterocycles. The summed E-state index contributed by atoms with van der Waals surface area (Å²) in [7, 11) is 0. The molecule has 0 bridgehead atoms. The van der Waals surface area contributed by atoms with Crippen molar-refractivity contribution in [2.24, 2.45) is 15.7 Å². The molecule has 1 saturated heterocycles. The van der Waals surface area contributed by atoms with E-state index in [2.05, 4.69) is 42.1 Å². The molecule has 2 aromatic rings. The summed E-state index contributed by atoms with van der Waals surface area (Å²) in [6, 6.07) is 3.39. The van der Waals surface area contributed by atoms with E-state index in [1.54, 1.807) is 29.1 Å². The molecule has 204 valence electrons. The van der Waals surface area contributed by atoms with Crippen molar-refractivity contribution in [2.45, 2.75) is 18.9 Å². The number of nitrogens with one attached hydrogen (secondary N) is 2. The number of nitrogen functional groups attached to an aromatic ring is 2. The Morgan fingerprint density at radius 3 is 2.63 bits per heavy atom. The summed E-state index contributed by atoms with van der Waals surface area (Å²) in [6.07, 6.45) is 4.75. The molecule has 0 aromatic carbocycles. The number of hydrogen-bond donors (Lipinski definition) is 6. The van der Waals surface area contributed by atoms with Gasteiger partial charge >= 0.3 is 0 Å². The summed E-state index contributed by atoms with van der Waals surface area (Å²) < 4.78 is 1.68. The summed E-state index contributed by atoms with van der Waals surface area (Å²) in [5.41, 5.74) is 18.1. The molecule has 2 aromatic heterocycles. The summed E-state index contributed by atoms with van der Waals surface area (Å²) in [4.78, 5) is 43.4. The zero-order chi connectivity index (χ0) is 27.7. The largest absolute Gasteiger partial charge is 0.395 e. The maximum absolute atomic E-state index is 12.4. The number of nitrogens with two attached hydrogens (primary N) is 3. The lowest BCUT2D eigenvalue weighted by Crippen LogP contribution is -2.41. The Bertz CT molecular complexity index is 1270. The molecule has 9 N–H and O–H groups in total. The van der Waals surface area contributed by atoms with Gasteiger partial charge in [-0.25, -0.2) is 15.0 Å². The van der Waals surface area contributed by atoms with E-state index in [1.807, 2.05) is 0 Å². The number of aliphatic imine (C=N–C) groups is 1. The Labute approximate surface area is 224 Å². The van der Waals surface area contributed by atoms with Gasteiger partial charge in [0.1, 0.15) is 5.49 Å². The quantitative estimate of drug-likeness (QED) is 0.168. The van der Waals surface area contributed by atoms with E-state index in [9.17, 15) is 9.59 Å². The van der Waals surface area contributed by atoms with Crippen LogP contribution < -0.4 is 33.3 Å². The van der Waals surface area contributed by atoms with E-state index in [-0.39, 0.29) is 53.5 Å². The van der Waals surface area contributed by atoms with Gasteiger partial charge in [0, 0.05) is 38.6 Å². The first kappa shape index (κ1) is 28.6. The van der Waals surface area contributed by atoms with E-state index in [0.29, 0.717) is 17.6 Å². The SMILES string of the molecule is C=Cn1cc(C(=O)NCCO)ccc1=NCCN1CCC(N=C(N)NC(=O)c2nc(Cl)c(N)nc2N)CC1. The van der Waals surface area contributed by atoms with Crippen LogP contribution in [0.15, 0.2) is 34.9 Å². The summed E-state index contributed by atoms with van der Waals surface area (Å²) in [5.74, 6) is -1.22. The monoisotopic (exact) mass is 545 g/mol. The number of halogens is 1. The van der Waals surface area contributed by atoms with Crippen LogP contribution in [-0.4, -0.2) is 87.7 Å². The molecular formula is C23H32ClN11O3. The Morgan fingerprint density at radius 1 is 1.21 bits per heavy atom. The van der Waals surface area contributed by atoms with Gasteiger partial charge in [0.25, 0.3) is 11.8 Å². The summed E-state index contributed by atoms with van der Waals surface area (Å²) >= 11 is 5.82. The fourth-order valence-corrected chi connectivity index (χ4v) is 3.91. The number of carbonyl (C=O) groups is 2. The molecule has 1 fully saturated rings. The number of anilines is 2. The van der Waals surface area contributed by atoms with Crippen molar-refractivity contribution in [3.8, 4) is 0 Å². The average Bonchev–Trinajstić information content (AvgIpc) is 2.90. The zero-order valence-electron chi connectivity index (χ0n) is 20.8.